The van der Waals surface area contributed by atoms with Crippen LogP contribution >= 0.6 is 0 Å². The van der Waals surface area contributed by atoms with E-state index < -0.39 is 12.1 Å². The Bertz CT molecular complexity index is 1260. The largest absolute Gasteiger partial charge is 0.490 e. The van der Waals surface area contributed by atoms with Crippen molar-refractivity contribution in [3.05, 3.63) is 78.4 Å². The first-order chi connectivity index (χ1) is 16.8. The van der Waals surface area contributed by atoms with Crippen molar-refractivity contribution in [3.63, 3.8) is 0 Å². The second kappa shape index (κ2) is 10.7. The zero-order valence-corrected chi connectivity index (χ0v) is 19.1. The molecule has 1 saturated heterocycles. The predicted octanol–water partition coefficient (Wildman–Crippen LogP) is 6.52. The van der Waals surface area contributed by atoms with Crippen molar-refractivity contribution < 1.29 is 23.1 Å². The number of carboxylic acid groups (broad SMARTS) is 1. The summed E-state index contributed by atoms with van der Waals surface area (Å²) >= 11 is 0. The molecule has 1 aliphatic heterocycles. The second-order valence-corrected chi connectivity index (χ2v) is 8.52. The molecule has 2 heterocycles. The number of hydrogen-bond acceptors (Lipinski definition) is 3. The maximum absolute atomic E-state index is 10.6. The number of H-pyrrole nitrogens is 1. The molecule has 0 amide bonds. The Balaban J connectivity index is 0.000000364. The van der Waals surface area contributed by atoms with Crippen molar-refractivity contribution in [3.8, 4) is 22.5 Å². The predicted molar refractivity (Wildman–Crippen MR) is 130 cm³/mol. The Hall–Kier alpha value is -3.65. The molecule has 0 unspecified atom stereocenters. The van der Waals surface area contributed by atoms with Gasteiger partial charge < -0.3 is 10.1 Å². The number of alkyl halides is 3. The third-order valence-corrected chi connectivity index (χ3v) is 5.88. The van der Waals surface area contributed by atoms with E-state index in [1.807, 2.05) is 18.2 Å². The topological polar surface area (TPSA) is 69.2 Å². The number of halogens is 3. The number of nitrogens with one attached hydrogen (secondary N) is 1. The van der Waals surface area contributed by atoms with Crippen LogP contribution < -0.4 is 0 Å². The second-order valence-electron chi connectivity index (χ2n) is 8.52. The van der Waals surface area contributed by atoms with Crippen LogP contribution in [0.5, 0.6) is 0 Å². The highest BCUT2D eigenvalue weighted by molar-refractivity contribution is 5.80. The van der Waals surface area contributed by atoms with Crippen LogP contribution in [0.15, 0.2) is 72.8 Å². The van der Waals surface area contributed by atoms with Gasteiger partial charge in [0.1, 0.15) is 5.82 Å². The molecule has 0 radical (unpaired) electrons. The van der Waals surface area contributed by atoms with E-state index in [1.165, 1.54) is 49.0 Å². The van der Waals surface area contributed by atoms with Crippen LogP contribution in [0.3, 0.4) is 0 Å². The minimum atomic E-state index is -5.08. The number of aliphatic carboxylic acids is 1. The molecular formula is C27H26F3N3O2. The highest BCUT2D eigenvalue weighted by atomic mass is 19.4. The number of aromatic amines is 1. The number of piperidine rings is 1. The van der Waals surface area contributed by atoms with Crippen molar-refractivity contribution in [1.29, 1.82) is 0 Å². The molecule has 182 valence electrons. The monoisotopic (exact) mass is 481 g/mol. The van der Waals surface area contributed by atoms with Gasteiger partial charge in [-0.25, -0.2) is 9.78 Å². The van der Waals surface area contributed by atoms with Crippen LogP contribution in [0, 0.1) is 0 Å². The van der Waals surface area contributed by atoms with E-state index in [0.29, 0.717) is 0 Å². The van der Waals surface area contributed by atoms with Gasteiger partial charge in [-0.05, 0) is 66.9 Å². The fourth-order valence-corrected chi connectivity index (χ4v) is 4.16. The highest BCUT2D eigenvalue weighted by Gasteiger charge is 2.38. The maximum Gasteiger partial charge on any atom is 0.490 e. The van der Waals surface area contributed by atoms with Crippen molar-refractivity contribution in [2.24, 2.45) is 0 Å². The SMILES string of the molecule is O=C(O)C(F)(F)F.c1cc(CN2CCCCC2)cc(-c2cccc(-c3nc4ccccc4[nH]3)c2)c1. The summed E-state index contributed by atoms with van der Waals surface area (Å²) in [7, 11) is 0. The summed E-state index contributed by atoms with van der Waals surface area (Å²) < 4.78 is 31.7. The average molecular weight is 482 g/mol. The summed E-state index contributed by atoms with van der Waals surface area (Å²) in [6, 6.07) is 25.8. The molecule has 5 nitrogen and oxygen atoms in total. The maximum atomic E-state index is 10.6. The molecule has 5 rings (SSSR count). The highest BCUT2D eigenvalue weighted by Crippen LogP contribution is 2.27. The molecule has 4 aromatic rings. The summed E-state index contributed by atoms with van der Waals surface area (Å²) in [5, 5.41) is 7.12. The molecule has 2 N–H and O–H groups in total. The molecular weight excluding hydrogens is 455 g/mol. The van der Waals surface area contributed by atoms with Gasteiger partial charge in [0.15, 0.2) is 0 Å². The number of carboxylic acids is 1. The van der Waals surface area contributed by atoms with Crippen LogP contribution in [-0.4, -0.2) is 45.2 Å². The lowest BCUT2D eigenvalue weighted by molar-refractivity contribution is -0.192. The third kappa shape index (κ3) is 6.48. The number of imidazole rings is 1. The quantitative estimate of drug-likeness (QED) is 0.348. The van der Waals surface area contributed by atoms with E-state index >= 15 is 0 Å². The fraction of sp³-hybridized carbons (Fsp3) is 0.259. The third-order valence-electron chi connectivity index (χ3n) is 5.88. The molecule has 0 atom stereocenters. The number of para-hydroxylation sites is 2. The first-order valence-electron chi connectivity index (χ1n) is 11.5. The first kappa shape index (κ1) is 24.5. The molecule has 0 spiro atoms. The summed E-state index contributed by atoms with van der Waals surface area (Å²) in [4.78, 5) is 19.7. The lowest BCUT2D eigenvalue weighted by Crippen LogP contribution is -2.29. The molecule has 1 aliphatic rings. The Morgan fingerprint density at radius 3 is 2.20 bits per heavy atom. The van der Waals surface area contributed by atoms with E-state index in [1.54, 1.807) is 0 Å². The minimum absolute atomic E-state index is 0.924. The number of likely N-dealkylation sites (tertiary alicyclic amines) is 1. The number of nitrogens with zero attached hydrogens (tertiary/aromatic N) is 2. The van der Waals surface area contributed by atoms with Crippen molar-refractivity contribution >= 4 is 17.0 Å². The Morgan fingerprint density at radius 1 is 0.886 bits per heavy atom. The van der Waals surface area contributed by atoms with Gasteiger partial charge in [0.25, 0.3) is 0 Å². The number of aromatic nitrogens is 2. The van der Waals surface area contributed by atoms with Crippen LogP contribution in [0.2, 0.25) is 0 Å². The number of rotatable bonds is 4. The number of fused-ring (bicyclic) bond motifs is 1. The average Bonchev–Trinajstić information content (AvgIpc) is 3.29. The summed E-state index contributed by atoms with van der Waals surface area (Å²) in [5.41, 5.74) is 7.10. The molecule has 0 saturated carbocycles. The van der Waals surface area contributed by atoms with Crippen molar-refractivity contribution in [1.82, 2.24) is 14.9 Å². The number of carbonyl (C=O) groups is 1. The van der Waals surface area contributed by atoms with Gasteiger partial charge in [-0.1, -0.05) is 55.0 Å². The van der Waals surface area contributed by atoms with Gasteiger partial charge in [-0.15, -0.1) is 0 Å². The standard InChI is InChI=1S/C25H25N3.C2HF3O2/c1-4-14-28(15-5-1)18-19-8-6-9-20(16-19)21-10-7-11-22(17-21)25-26-23-12-2-3-13-24(23)27-25;3-2(4,5)1(6)7/h2-3,6-13,16-17H,1,4-5,14-15,18H2,(H,26,27);(H,6,7). The summed E-state index contributed by atoms with van der Waals surface area (Å²) in [6.07, 6.45) is -1.04. The lowest BCUT2D eigenvalue weighted by atomic mass is 10.0. The molecule has 8 heteroatoms. The Labute approximate surface area is 201 Å². The van der Waals surface area contributed by atoms with E-state index in [4.69, 9.17) is 14.9 Å². The van der Waals surface area contributed by atoms with Gasteiger partial charge in [0.2, 0.25) is 0 Å². The molecule has 1 aromatic heterocycles. The summed E-state index contributed by atoms with van der Waals surface area (Å²) in [5.74, 6) is -1.83. The van der Waals surface area contributed by atoms with Crippen LogP contribution in [0.1, 0.15) is 24.8 Å². The molecule has 0 aliphatic carbocycles. The molecule has 0 bridgehead atoms. The van der Waals surface area contributed by atoms with Crippen LogP contribution in [0.25, 0.3) is 33.5 Å². The smallest absolute Gasteiger partial charge is 0.475 e. The van der Waals surface area contributed by atoms with Gasteiger partial charge >= 0.3 is 12.1 Å². The lowest BCUT2D eigenvalue weighted by Gasteiger charge is -2.26. The van der Waals surface area contributed by atoms with E-state index in [2.05, 4.69) is 64.5 Å². The van der Waals surface area contributed by atoms with Gasteiger partial charge in [-0.3, -0.25) is 4.90 Å². The molecule has 35 heavy (non-hydrogen) atoms. The Kier molecular flexibility index (Phi) is 7.51. The Morgan fingerprint density at radius 2 is 1.51 bits per heavy atom. The van der Waals surface area contributed by atoms with E-state index in [0.717, 1.165) is 29.0 Å². The van der Waals surface area contributed by atoms with Crippen molar-refractivity contribution in [2.75, 3.05) is 13.1 Å². The fourth-order valence-electron chi connectivity index (χ4n) is 4.16. The number of benzene rings is 3. The first-order valence-corrected chi connectivity index (χ1v) is 11.5. The van der Waals surface area contributed by atoms with Crippen LogP contribution in [0.4, 0.5) is 13.2 Å². The number of hydrogen-bond donors (Lipinski definition) is 2. The van der Waals surface area contributed by atoms with Crippen LogP contribution in [-0.2, 0) is 11.3 Å². The zero-order valence-electron chi connectivity index (χ0n) is 19.1. The normalized spacial score (nSPS) is 14.4. The van der Waals surface area contributed by atoms with E-state index in [9.17, 15) is 13.2 Å². The minimum Gasteiger partial charge on any atom is -0.475 e. The van der Waals surface area contributed by atoms with E-state index in [-0.39, 0.29) is 0 Å². The van der Waals surface area contributed by atoms with Gasteiger partial charge in [-0.2, -0.15) is 13.2 Å². The zero-order chi connectivity index (χ0) is 24.8. The van der Waals surface area contributed by atoms with Gasteiger partial charge in [0, 0.05) is 12.1 Å². The molecule has 3 aromatic carbocycles. The van der Waals surface area contributed by atoms with Gasteiger partial charge in [0.05, 0.1) is 11.0 Å². The molecule has 1 fully saturated rings. The van der Waals surface area contributed by atoms with Crippen molar-refractivity contribution in [2.45, 2.75) is 32.0 Å². The summed E-state index contributed by atoms with van der Waals surface area (Å²) in [6.45, 7) is 3.51.